The summed E-state index contributed by atoms with van der Waals surface area (Å²) < 4.78 is 12.7. The minimum Gasteiger partial charge on any atom is -0.493 e. The van der Waals surface area contributed by atoms with Crippen molar-refractivity contribution in [3.8, 4) is 17.6 Å². The first-order valence-corrected chi connectivity index (χ1v) is 14.0. The second kappa shape index (κ2) is 12.2. The lowest BCUT2D eigenvalue weighted by Crippen LogP contribution is -2.48. The molecule has 4 rings (SSSR count). The van der Waals surface area contributed by atoms with E-state index in [1.54, 1.807) is 39.2 Å². The molecule has 0 N–H and O–H groups in total. The number of aromatic nitrogens is 1. The van der Waals surface area contributed by atoms with E-state index in [9.17, 15) is 14.9 Å². The first kappa shape index (κ1) is 28.7. The Bertz CT molecular complexity index is 1420. The summed E-state index contributed by atoms with van der Waals surface area (Å²) in [5.74, 6) is 1.82. The summed E-state index contributed by atoms with van der Waals surface area (Å²) >= 11 is 6.83. The highest BCUT2D eigenvalue weighted by Gasteiger charge is 2.33. The van der Waals surface area contributed by atoms with Crippen molar-refractivity contribution in [3.63, 3.8) is 0 Å². The van der Waals surface area contributed by atoms with Gasteiger partial charge in [0.25, 0.3) is 11.5 Å². The lowest BCUT2D eigenvalue weighted by atomic mass is 10.0. The average molecular weight is 568 g/mol. The maximum absolute atomic E-state index is 13.5. The third-order valence-corrected chi connectivity index (χ3v) is 8.69. The van der Waals surface area contributed by atoms with Crippen molar-refractivity contribution in [1.29, 1.82) is 5.26 Å². The molecule has 1 amide bonds. The molecule has 0 radical (unpaired) electrons. The number of benzene rings is 1. The first-order valence-electron chi connectivity index (χ1n) is 12.8. The monoisotopic (exact) mass is 567 g/mol. The number of hydrogen-bond acceptors (Lipinski definition) is 9. The summed E-state index contributed by atoms with van der Waals surface area (Å²) in [6.45, 7) is 8.55. The van der Waals surface area contributed by atoms with E-state index in [1.165, 1.54) is 16.3 Å². The Morgan fingerprint density at radius 2 is 1.82 bits per heavy atom. The number of ether oxygens (including phenoxy) is 2. The summed E-state index contributed by atoms with van der Waals surface area (Å²) in [5.41, 5.74) is 2.03. The zero-order valence-electron chi connectivity index (χ0n) is 22.9. The van der Waals surface area contributed by atoms with Gasteiger partial charge in [0, 0.05) is 45.3 Å². The zero-order valence-corrected chi connectivity index (χ0v) is 24.6. The molecule has 3 heterocycles. The molecule has 0 atom stereocenters. The van der Waals surface area contributed by atoms with Crippen LogP contribution >= 0.6 is 24.0 Å². The molecule has 0 aliphatic carbocycles. The lowest BCUT2D eigenvalue weighted by Gasteiger charge is -2.37. The summed E-state index contributed by atoms with van der Waals surface area (Å²) in [7, 11) is 4.87. The minimum atomic E-state index is -0.331. The van der Waals surface area contributed by atoms with Gasteiger partial charge in [0.1, 0.15) is 21.8 Å². The molecule has 9 nitrogen and oxygen atoms in total. The quantitative estimate of drug-likeness (QED) is 0.352. The number of thiocarbonyl (C=S) groups is 1. The number of piperazine rings is 1. The van der Waals surface area contributed by atoms with Gasteiger partial charge < -0.3 is 19.3 Å². The maximum Gasteiger partial charge on any atom is 0.270 e. The van der Waals surface area contributed by atoms with E-state index < -0.39 is 0 Å². The Balaban J connectivity index is 1.64. The third-order valence-electron chi connectivity index (χ3n) is 7.31. The van der Waals surface area contributed by atoms with Crippen LogP contribution in [0.1, 0.15) is 29.2 Å². The molecular weight excluding hydrogens is 534 g/mol. The van der Waals surface area contributed by atoms with E-state index in [0.29, 0.717) is 44.8 Å². The van der Waals surface area contributed by atoms with E-state index in [-0.39, 0.29) is 17.0 Å². The molecule has 0 bridgehead atoms. The standard InChI is InChI=1S/C28H33N5O4S2/c1-6-31-11-13-32(14-12-31)25-20(18(2)21(17-29)26(34)30(25)3)16-24-27(35)33(28(38)39-24)10-9-19-7-8-22(36-4)23(15-19)37-5/h7-8,15-16H,6,9-14H2,1-5H3/b24-16+. The van der Waals surface area contributed by atoms with Gasteiger partial charge in [-0.3, -0.25) is 19.1 Å². The number of likely N-dealkylation sites (N-methyl/N-ethyl adjacent to an activating group) is 1. The average Bonchev–Trinajstić information content (AvgIpc) is 3.22. The number of carbonyl (C=O) groups is 1. The highest BCUT2D eigenvalue weighted by atomic mass is 32.2. The zero-order chi connectivity index (χ0) is 28.3. The molecule has 0 saturated carbocycles. The van der Waals surface area contributed by atoms with Crippen LogP contribution < -0.4 is 19.9 Å². The summed E-state index contributed by atoms with van der Waals surface area (Å²) in [6.07, 6.45) is 2.39. The van der Waals surface area contributed by atoms with Gasteiger partial charge >= 0.3 is 0 Å². The molecule has 11 heteroatoms. The molecule has 2 aromatic rings. The summed E-state index contributed by atoms with van der Waals surface area (Å²) in [6, 6.07) is 7.75. The number of pyridine rings is 1. The molecule has 2 aliphatic rings. The van der Waals surface area contributed by atoms with Gasteiger partial charge in [-0.25, -0.2) is 0 Å². The molecule has 2 fully saturated rings. The number of thioether (sulfide) groups is 1. The molecule has 0 spiro atoms. The van der Waals surface area contributed by atoms with Crippen LogP contribution in [0.3, 0.4) is 0 Å². The molecule has 1 aromatic carbocycles. The predicted octanol–water partition coefficient (Wildman–Crippen LogP) is 3.17. The van der Waals surface area contributed by atoms with E-state index in [4.69, 9.17) is 21.7 Å². The van der Waals surface area contributed by atoms with E-state index >= 15 is 0 Å². The van der Waals surface area contributed by atoms with Crippen molar-refractivity contribution in [2.24, 2.45) is 7.05 Å². The third kappa shape index (κ3) is 5.69. The largest absolute Gasteiger partial charge is 0.493 e. The van der Waals surface area contributed by atoms with Crippen molar-refractivity contribution in [2.75, 3.05) is 58.4 Å². The number of nitrogens with zero attached hydrogens (tertiary/aromatic N) is 5. The Morgan fingerprint density at radius 3 is 2.44 bits per heavy atom. The molecule has 206 valence electrons. The van der Waals surface area contributed by atoms with Crippen molar-refractivity contribution in [3.05, 3.63) is 55.7 Å². The van der Waals surface area contributed by atoms with Crippen LogP contribution in [0.15, 0.2) is 27.9 Å². The lowest BCUT2D eigenvalue weighted by molar-refractivity contribution is -0.122. The molecular formula is C28H33N5O4S2. The fourth-order valence-electron chi connectivity index (χ4n) is 4.97. The number of nitriles is 1. The smallest absolute Gasteiger partial charge is 0.270 e. The Labute approximate surface area is 238 Å². The van der Waals surface area contributed by atoms with Crippen LogP contribution in [0.4, 0.5) is 5.82 Å². The van der Waals surface area contributed by atoms with Crippen LogP contribution in [0.25, 0.3) is 6.08 Å². The number of amides is 1. The normalized spacial score (nSPS) is 17.2. The maximum atomic E-state index is 13.5. The fraction of sp³-hybridized carbons (Fsp3) is 0.429. The Kier molecular flexibility index (Phi) is 9.00. The van der Waals surface area contributed by atoms with Crippen molar-refractivity contribution in [2.45, 2.75) is 20.3 Å². The number of anilines is 1. The van der Waals surface area contributed by atoms with E-state index in [2.05, 4.69) is 22.8 Å². The predicted molar refractivity (Wildman–Crippen MR) is 159 cm³/mol. The molecule has 39 heavy (non-hydrogen) atoms. The summed E-state index contributed by atoms with van der Waals surface area (Å²) in [4.78, 5) is 33.1. The number of carbonyl (C=O) groups excluding carboxylic acids is 1. The molecule has 0 unspecified atom stereocenters. The number of methoxy groups -OCH3 is 2. The van der Waals surface area contributed by atoms with Gasteiger partial charge in [-0.05, 0) is 49.2 Å². The van der Waals surface area contributed by atoms with Gasteiger partial charge in [0.05, 0.1) is 19.1 Å². The van der Waals surface area contributed by atoms with E-state index in [1.807, 2.05) is 18.2 Å². The van der Waals surface area contributed by atoms with Gasteiger partial charge in [0.15, 0.2) is 11.5 Å². The van der Waals surface area contributed by atoms with Crippen LogP contribution in [0.5, 0.6) is 11.5 Å². The van der Waals surface area contributed by atoms with Gasteiger partial charge in [0.2, 0.25) is 0 Å². The highest BCUT2D eigenvalue weighted by molar-refractivity contribution is 8.26. The molecule has 2 aliphatic heterocycles. The van der Waals surface area contributed by atoms with Crippen molar-refractivity contribution >= 4 is 46.1 Å². The Morgan fingerprint density at radius 1 is 1.13 bits per heavy atom. The molecule has 2 saturated heterocycles. The number of rotatable bonds is 8. The van der Waals surface area contributed by atoms with Gasteiger partial charge in [-0.15, -0.1) is 0 Å². The second-order valence-electron chi connectivity index (χ2n) is 9.41. The van der Waals surface area contributed by atoms with Crippen LogP contribution in [-0.4, -0.2) is 78.1 Å². The van der Waals surface area contributed by atoms with Gasteiger partial charge in [-0.2, -0.15) is 5.26 Å². The van der Waals surface area contributed by atoms with Crippen LogP contribution in [-0.2, 0) is 18.3 Å². The highest BCUT2D eigenvalue weighted by Crippen LogP contribution is 2.36. The van der Waals surface area contributed by atoms with Gasteiger partial charge in [-0.1, -0.05) is 37.0 Å². The topological polar surface area (TPSA) is 91.0 Å². The van der Waals surface area contributed by atoms with E-state index in [0.717, 1.165) is 44.1 Å². The number of hydrogen-bond donors (Lipinski definition) is 0. The van der Waals surface area contributed by atoms with Crippen molar-refractivity contribution < 1.29 is 14.3 Å². The fourth-order valence-corrected chi connectivity index (χ4v) is 6.26. The van der Waals surface area contributed by atoms with Crippen LogP contribution in [0.2, 0.25) is 0 Å². The molecule has 1 aromatic heterocycles. The Hall–Kier alpha value is -3.33. The van der Waals surface area contributed by atoms with Crippen molar-refractivity contribution in [1.82, 2.24) is 14.4 Å². The summed E-state index contributed by atoms with van der Waals surface area (Å²) in [5, 5.41) is 9.74. The van der Waals surface area contributed by atoms with Crippen LogP contribution in [0, 0.1) is 18.3 Å². The minimum absolute atomic E-state index is 0.0867. The SMILES string of the molecule is CCN1CCN(c2c(/C=C3/SC(=S)N(CCc4ccc(OC)c(OC)c4)C3=O)c(C)c(C#N)c(=O)n2C)CC1. The first-order chi connectivity index (χ1) is 18.7. The second-order valence-corrected chi connectivity index (χ2v) is 11.1.